The van der Waals surface area contributed by atoms with Gasteiger partial charge in [-0.2, -0.15) is 11.8 Å². The average Bonchev–Trinajstić information content (AvgIpc) is 2.97. The molecule has 0 spiro atoms. The van der Waals surface area contributed by atoms with Crippen LogP contribution in [0.15, 0.2) is 6.07 Å². The van der Waals surface area contributed by atoms with Crippen molar-refractivity contribution in [2.24, 2.45) is 5.92 Å². The van der Waals surface area contributed by atoms with Crippen LogP contribution in [-0.2, 0) is 11.2 Å². The third-order valence-corrected chi connectivity index (χ3v) is 5.26. The number of carboxylic acids is 1. The van der Waals surface area contributed by atoms with E-state index >= 15 is 0 Å². The smallest absolute Gasteiger partial charge is 0.338 e. The normalized spacial score (nSPS) is 18.8. The van der Waals surface area contributed by atoms with E-state index in [4.69, 9.17) is 5.11 Å². The second-order valence-electron chi connectivity index (χ2n) is 4.16. The summed E-state index contributed by atoms with van der Waals surface area (Å²) >= 11 is 3.12. The second-order valence-corrected chi connectivity index (χ2v) is 6.45. The lowest BCUT2D eigenvalue weighted by Crippen LogP contribution is -2.22. The highest BCUT2D eigenvalue weighted by Crippen LogP contribution is 2.31. The predicted molar refractivity (Wildman–Crippen MR) is 74.7 cm³/mol. The van der Waals surface area contributed by atoms with Gasteiger partial charge in [-0.05, 0) is 24.7 Å². The summed E-state index contributed by atoms with van der Waals surface area (Å²) in [6.45, 7) is 1.97. The van der Waals surface area contributed by atoms with Crippen molar-refractivity contribution in [1.82, 2.24) is 0 Å². The number of carbonyl (C=O) groups is 2. The van der Waals surface area contributed by atoms with E-state index in [0.29, 0.717) is 5.00 Å². The zero-order chi connectivity index (χ0) is 13.1. The highest BCUT2D eigenvalue weighted by Gasteiger charge is 2.25. The Balaban J connectivity index is 2.14. The fraction of sp³-hybridized carbons (Fsp3) is 0.500. The molecule has 1 saturated heterocycles. The largest absolute Gasteiger partial charge is 0.478 e. The van der Waals surface area contributed by atoms with Gasteiger partial charge in [-0.25, -0.2) is 4.79 Å². The number of aromatic carboxylic acids is 1. The molecule has 0 saturated carbocycles. The molecule has 1 fully saturated rings. The summed E-state index contributed by atoms with van der Waals surface area (Å²) in [7, 11) is 0. The highest BCUT2D eigenvalue weighted by molar-refractivity contribution is 7.99. The maximum Gasteiger partial charge on any atom is 0.338 e. The topological polar surface area (TPSA) is 66.4 Å². The Morgan fingerprint density at radius 1 is 1.56 bits per heavy atom. The number of aryl methyl sites for hydroxylation is 1. The van der Waals surface area contributed by atoms with Crippen LogP contribution >= 0.6 is 23.1 Å². The lowest BCUT2D eigenvalue weighted by molar-refractivity contribution is -0.119. The van der Waals surface area contributed by atoms with E-state index in [0.717, 1.165) is 29.2 Å². The molecule has 2 rings (SSSR count). The number of carbonyl (C=O) groups excluding carboxylic acids is 1. The van der Waals surface area contributed by atoms with Crippen LogP contribution in [0.4, 0.5) is 5.00 Å². The molecule has 6 heteroatoms. The van der Waals surface area contributed by atoms with Crippen LogP contribution in [0.1, 0.15) is 28.6 Å². The van der Waals surface area contributed by atoms with Crippen LogP contribution in [-0.4, -0.2) is 28.5 Å². The molecule has 1 unspecified atom stereocenters. The van der Waals surface area contributed by atoms with E-state index in [2.05, 4.69) is 5.32 Å². The number of thiophene rings is 1. The van der Waals surface area contributed by atoms with Gasteiger partial charge in [-0.3, -0.25) is 4.79 Å². The van der Waals surface area contributed by atoms with Gasteiger partial charge in [-0.1, -0.05) is 6.92 Å². The molecule has 18 heavy (non-hydrogen) atoms. The Morgan fingerprint density at radius 3 is 2.89 bits per heavy atom. The van der Waals surface area contributed by atoms with Gasteiger partial charge in [0, 0.05) is 16.5 Å². The SMILES string of the molecule is CCc1cc(C(=O)O)c(NC(=O)C2CCSC2)s1. The summed E-state index contributed by atoms with van der Waals surface area (Å²) in [4.78, 5) is 24.1. The van der Waals surface area contributed by atoms with Gasteiger partial charge in [0.2, 0.25) is 5.91 Å². The quantitative estimate of drug-likeness (QED) is 0.892. The van der Waals surface area contributed by atoms with Gasteiger partial charge < -0.3 is 10.4 Å². The monoisotopic (exact) mass is 285 g/mol. The first-order chi connectivity index (χ1) is 8.61. The molecule has 2 N–H and O–H groups in total. The van der Waals surface area contributed by atoms with Gasteiger partial charge in [-0.15, -0.1) is 11.3 Å². The molecule has 1 amide bonds. The molecule has 0 aromatic carbocycles. The van der Waals surface area contributed by atoms with Crippen LogP contribution < -0.4 is 5.32 Å². The molecule has 1 aliphatic heterocycles. The van der Waals surface area contributed by atoms with Gasteiger partial charge in [0.15, 0.2) is 0 Å². The first kappa shape index (κ1) is 13.4. The Hall–Kier alpha value is -1.01. The molecule has 1 aliphatic rings. The van der Waals surface area contributed by atoms with Crippen LogP contribution in [0.3, 0.4) is 0 Å². The van der Waals surface area contributed by atoms with E-state index in [-0.39, 0.29) is 17.4 Å². The molecule has 98 valence electrons. The maximum atomic E-state index is 12.0. The number of amides is 1. The first-order valence-electron chi connectivity index (χ1n) is 5.86. The molecule has 1 aromatic rings. The fourth-order valence-electron chi connectivity index (χ4n) is 1.82. The maximum absolute atomic E-state index is 12.0. The van der Waals surface area contributed by atoms with Crippen LogP contribution in [0.2, 0.25) is 0 Å². The molecule has 0 aliphatic carbocycles. The highest BCUT2D eigenvalue weighted by atomic mass is 32.2. The minimum atomic E-state index is -0.984. The molecule has 0 bridgehead atoms. The lowest BCUT2D eigenvalue weighted by atomic mass is 10.1. The fourth-order valence-corrected chi connectivity index (χ4v) is 4.03. The standard InChI is InChI=1S/C12H15NO3S2/c1-2-8-5-9(12(15)16)11(18-8)13-10(14)7-3-4-17-6-7/h5,7H,2-4,6H2,1H3,(H,13,14)(H,15,16). The number of rotatable bonds is 4. The van der Waals surface area contributed by atoms with Gasteiger partial charge >= 0.3 is 5.97 Å². The molecular formula is C12H15NO3S2. The Bertz CT molecular complexity index is 464. The van der Waals surface area contributed by atoms with Gasteiger partial charge in [0.1, 0.15) is 5.00 Å². The zero-order valence-corrected chi connectivity index (χ0v) is 11.7. The Kier molecular flexibility index (Phi) is 4.29. The van der Waals surface area contributed by atoms with Crippen molar-refractivity contribution >= 4 is 40.0 Å². The minimum Gasteiger partial charge on any atom is -0.478 e. The molecule has 1 aromatic heterocycles. The zero-order valence-electron chi connectivity index (χ0n) is 10.1. The van der Waals surface area contributed by atoms with Gasteiger partial charge in [0.25, 0.3) is 0 Å². The predicted octanol–water partition coefficient (Wildman–Crippen LogP) is 2.70. The van der Waals surface area contributed by atoms with Crippen molar-refractivity contribution in [2.75, 3.05) is 16.8 Å². The van der Waals surface area contributed by atoms with Crippen LogP contribution in [0.25, 0.3) is 0 Å². The summed E-state index contributed by atoms with van der Waals surface area (Å²) in [5.41, 5.74) is 0.204. The van der Waals surface area contributed by atoms with Crippen molar-refractivity contribution in [3.63, 3.8) is 0 Å². The molecule has 0 radical (unpaired) electrons. The summed E-state index contributed by atoms with van der Waals surface area (Å²) in [6, 6.07) is 1.64. The van der Waals surface area contributed by atoms with E-state index < -0.39 is 5.97 Å². The number of carboxylic acid groups (broad SMARTS) is 1. The third kappa shape index (κ3) is 2.87. The molecule has 1 atom stereocenters. The molecular weight excluding hydrogens is 270 g/mol. The van der Waals surface area contributed by atoms with Crippen molar-refractivity contribution in [1.29, 1.82) is 0 Å². The Labute approximate surface area is 114 Å². The molecule has 4 nitrogen and oxygen atoms in total. The number of hydrogen-bond donors (Lipinski definition) is 2. The number of hydrogen-bond acceptors (Lipinski definition) is 4. The summed E-state index contributed by atoms with van der Waals surface area (Å²) in [6.07, 6.45) is 1.66. The van der Waals surface area contributed by atoms with Crippen molar-refractivity contribution < 1.29 is 14.7 Å². The Morgan fingerprint density at radius 2 is 2.33 bits per heavy atom. The lowest BCUT2D eigenvalue weighted by Gasteiger charge is -2.08. The van der Waals surface area contributed by atoms with Crippen molar-refractivity contribution in [3.8, 4) is 0 Å². The summed E-state index contributed by atoms with van der Waals surface area (Å²) in [5.74, 6) is 0.826. The van der Waals surface area contributed by atoms with Crippen molar-refractivity contribution in [2.45, 2.75) is 19.8 Å². The van der Waals surface area contributed by atoms with Crippen LogP contribution in [0.5, 0.6) is 0 Å². The average molecular weight is 285 g/mol. The number of nitrogens with one attached hydrogen (secondary N) is 1. The van der Waals surface area contributed by atoms with E-state index in [1.165, 1.54) is 11.3 Å². The first-order valence-corrected chi connectivity index (χ1v) is 7.83. The minimum absolute atomic E-state index is 0.0174. The van der Waals surface area contributed by atoms with E-state index in [1.54, 1.807) is 17.8 Å². The van der Waals surface area contributed by atoms with E-state index in [1.807, 2.05) is 6.92 Å². The van der Waals surface area contributed by atoms with E-state index in [9.17, 15) is 9.59 Å². The summed E-state index contributed by atoms with van der Waals surface area (Å²) < 4.78 is 0. The van der Waals surface area contributed by atoms with Crippen LogP contribution in [0, 0.1) is 5.92 Å². The third-order valence-electron chi connectivity index (χ3n) is 2.90. The number of thioether (sulfide) groups is 1. The molecule has 2 heterocycles. The summed E-state index contributed by atoms with van der Waals surface area (Å²) in [5, 5.41) is 12.4. The van der Waals surface area contributed by atoms with Gasteiger partial charge in [0.05, 0.1) is 5.56 Å². The second kappa shape index (κ2) is 5.75. The van der Waals surface area contributed by atoms with Crippen molar-refractivity contribution in [3.05, 3.63) is 16.5 Å². The number of anilines is 1.